The number of benzene rings is 1. The van der Waals surface area contributed by atoms with Crippen LogP contribution in [0, 0.1) is 25.2 Å². The molecule has 2 aliphatic heterocycles. The maximum Gasteiger partial charge on any atom is 0.216 e. The van der Waals surface area contributed by atoms with E-state index in [9.17, 15) is 8.42 Å². The van der Waals surface area contributed by atoms with Crippen molar-refractivity contribution in [1.82, 2.24) is 30.5 Å². The molecule has 4 N–H and O–H groups in total. The van der Waals surface area contributed by atoms with Crippen LogP contribution in [0.15, 0.2) is 24.3 Å². The Labute approximate surface area is 265 Å². The summed E-state index contributed by atoms with van der Waals surface area (Å²) in [6.45, 7) is 19.8. The molecular weight excluding hydrogens is 572 g/mol. The highest BCUT2D eigenvalue weighted by Gasteiger charge is 2.39. The second-order valence-electron chi connectivity index (χ2n) is 15.9. The number of aromatic nitrogens is 2. The molecule has 44 heavy (non-hydrogen) atoms. The van der Waals surface area contributed by atoms with Gasteiger partial charge in [-0.1, -0.05) is 66.2 Å². The van der Waals surface area contributed by atoms with Gasteiger partial charge >= 0.3 is 0 Å². The van der Waals surface area contributed by atoms with Gasteiger partial charge in [0.25, 0.3) is 0 Å². The third-order valence-corrected chi connectivity index (χ3v) is 11.5. The first-order valence-electron chi connectivity index (χ1n) is 16.6. The standard InChI is InChI=1S/C34H56N6O3S/c1-22-11-9-12-23(2)31(22)28-17-30-36-32(35-28)39-44(41,42)27-14-10-13-24(15-27)19-40(26(21-43-30)18-33(3,4)5)20-25-16-29(38-37-25)34(6,7)8/h9,11-12,16,24,26-28,30,32,35-36,39H,10,13-15,17-21H2,1-8H3,(H,37,38)/t24?,26-,27?,28?,30?,32?/m1/s1. The molecule has 2 saturated heterocycles. The second-order valence-corrected chi connectivity index (χ2v) is 17.9. The lowest BCUT2D eigenvalue weighted by Crippen LogP contribution is -2.64. The van der Waals surface area contributed by atoms with Crippen molar-refractivity contribution in [2.24, 2.45) is 11.3 Å². The van der Waals surface area contributed by atoms with Crippen molar-refractivity contribution >= 4 is 10.0 Å². The topological polar surface area (TPSA) is 111 Å². The number of rotatable bonds is 4. The molecule has 1 aromatic carbocycles. The average Bonchev–Trinajstić information content (AvgIpc) is 3.39. The molecule has 5 rings (SSSR count). The average molecular weight is 629 g/mol. The summed E-state index contributed by atoms with van der Waals surface area (Å²) in [5.74, 6) is 0.293. The number of sulfonamides is 1. The van der Waals surface area contributed by atoms with Gasteiger partial charge in [0.1, 0.15) is 12.5 Å². The van der Waals surface area contributed by atoms with Crippen LogP contribution in [0.5, 0.6) is 0 Å². The van der Waals surface area contributed by atoms with E-state index in [0.717, 1.165) is 43.7 Å². The number of hydrogen-bond donors (Lipinski definition) is 4. The molecular formula is C34H56N6O3S. The fourth-order valence-electron chi connectivity index (χ4n) is 7.45. The van der Waals surface area contributed by atoms with Crippen LogP contribution >= 0.6 is 0 Å². The number of fused-ring (bicyclic) bond motifs is 4. The largest absolute Gasteiger partial charge is 0.362 e. The number of nitrogens with zero attached hydrogens (tertiary/aromatic N) is 2. The van der Waals surface area contributed by atoms with Crippen molar-refractivity contribution in [1.29, 1.82) is 0 Å². The van der Waals surface area contributed by atoms with Gasteiger partial charge in [-0.2, -0.15) is 9.82 Å². The minimum Gasteiger partial charge on any atom is -0.362 e. The van der Waals surface area contributed by atoms with Crippen molar-refractivity contribution < 1.29 is 13.2 Å². The van der Waals surface area contributed by atoms with Gasteiger partial charge in [-0.05, 0) is 73.6 Å². The molecule has 1 aromatic heterocycles. The van der Waals surface area contributed by atoms with Crippen molar-refractivity contribution in [2.75, 3.05) is 13.2 Å². The monoisotopic (exact) mass is 628 g/mol. The molecule has 0 spiro atoms. The summed E-state index contributed by atoms with van der Waals surface area (Å²) in [5, 5.41) is 14.6. The Morgan fingerprint density at radius 1 is 1.02 bits per heavy atom. The zero-order chi connectivity index (χ0) is 31.9. The highest BCUT2D eigenvalue weighted by molar-refractivity contribution is 7.90. The number of hydrogen-bond acceptors (Lipinski definition) is 7. The third-order valence-electron chi connectivity index (χ3n) is 9.64. The summed E-state index contributed by atoms with van der Waals surface area (Å²) in [6.07, 6.45) is 4.07. The normalized spacial score (nSPS) is 30.6. The molecule has 2 aromatic rings. The van der Waals surface area contributed by atoms with Crippen molar-refractivity contribution in [3.63, 3.8) is 0 Å². The van der Waals surface area contributed by atoms with Crippen LogP contribution in [0.1, 0.15) is 114 Å². The molecule has 1 saturated carbocycles. The fraction of sp³-hybridized carbons (Fsp3) is 0.735. The molecule has 0 amide bonds. The summed E-state index contributed by atoms with van der Waals surface area (Å²) < 4.78 is 37.5. The van der Waals surface area contributed by atoms with E-state index in [1.54, 1.807) is 0 Å². The summed E-state index contributed by atoms with van der Waals surface area (Å²) in [4.78, 5) is 2.55. The number of nitrogens with one attached hydrogen (secondary N) is 4. The van der Waals surface area contributed by atoms with Gasteiger partial charge in [0.05, 0.1) is 17.6 Å². The molecule has 1 aliphatic carbocycles. The molecule has 3 fully saturated rings. The van der Waals surface area contributed by atoms with E-state index in [-0.39, 0.29) is 29.1 Å². The van der Waals surface area contributed by atoms with Crippen molar-refractivity contribution in [3.8, 4) is 0 Å². The molecule has 9 nitrogen and oxygen atoms in total. The van der Waals surface area contributed by atoms with Crippen LogP contribution in [0.3, 0.4) is 0 Å². The van der Waals surface area contributed by atoms with Crippen LogP contribution in [0.25, 0.3) is 0 Å². The molecule has 3 aliphatic rings. The van der Waals surface area contributed by atoms with Gasteiger partial charge in [0, 0.05) is 42.7 Å². The first-order valence-corrected chi connectivity index (χ1v) is 18.1. The van der Waals surface area contributed by atoms with Crippen LogP contribution in [-0.4, -0.2) is 60.5 Å². The zero-order valence-electron chi connectivity index (χ0n) is 28.2. The lowest BCUT2D eigenvalue weighted by atomic mass is 9.85. The van der Waals surface area contributed by atoms with Gasteiger partial charge in [-0.25, -0.2) is 8.42 Å². The van der Waals surface area contributed by atoms with Gasteiger partial charge < -0.3 is 4.74 Å². The maximum absolute atomic E-state index is 13.9. The van der Waals surface area contributed by atoms with E-state index in [1.165, 1.54) is 16.7 Å². The Balaban J connectivity index is 1.49. The van der Waals surface area contributed by atoms with E-state index < -0.39 is 21.6 Å². The van der Waals surface area contributed by atoms with Crippen molar-refractivity contribution in [2.45, 2.75) is 136 Å². The summed E-state index contributed by atoms with van der Waals surface area (Å²) in [7, 11) is -3.57. The molecule has 10 heteroatoms. The molecule has 4 bridgehead atoms. The second kappa shape index (κ2) is 13.1. The van der Waals surface area contributed by atoms with Crippen LogP contribution in [0.4, 0.5) is 0 Å². The summed E-state index contributed by atoms with van der Waals surface area (Å²) in [5.41, 5.74) is 5.82. The third kappa shape index (κ3) is 8.30. The van der Waals surface area contributed by atoms with E-state index in [2.05, 4.69) is 110 Å². The van der Waals surface area contributed by atoms with E-state index in [1.807, 2.05) is 0 Å². The SMILES string of the molecule is Cc1cccc(C)c1C1CC2NC(N1)NS(=O)(=O)C1CCCC(C1)CN(Cc1cc(C(C)(C)C)n[nH]1)[C@H](CC(C)(C)C)CO2. The maximum atomic E-state index is 13.9. The Bertz CT molecular complexity index is 1360. The number of aryl methyl sites for hydroxylation is 2. The van der Waals surface area contributed by atoms with E-state index in [4.69, 9.17) is 4.74 Å². The van der Waals surface area contributed by atoms with E-state index in [0.29, 0.717) is 31.8 Å². The fourth-order valence-corrected chi connectivity index (χ4v) is 9.10. The Morgan fingerprint density at radius 2 is 1.75 bits per heavy atom. The highest BCUT2D eigenvalue weighted by Crippen LogP contribution is 2.34. The minimum absolute atomic E-state index is 0.0378. The lowest BCUT2D eigenvalue weighted by molar-refractivity contribution is -0.0517. The molecule has 0 radical (unpaired) electrons. The van der Waals surface area contributed by atoms with E-state index >= 15 is 0 Å². The van der Waals surface area contributed by atoms with Crippen LogP contribution in [-0.2, 0) is 26.7 Å². The highest BCUT2D eigenvalue weighted by atomic mass is 32.2. The molecule has 5 unspecified atom stereocenters. The number of H-pyrrole nitrogens is 1. The zero-order valence-corrected chi connectivity index (χ0v) is 29.0. The smallest absolute Gasteiger partial charge is 0.216 e. The predicted octanol–water partition coefficient (Wildman–Crippen LogP) is 5.37. The van der Waals surface area contributed by atoms with Gasteiger partial charge in [0.15, 0.2) is 0 Å². The number of aromatic amines is 1. The van der Waals surface area contributed by atoms with Gasteiger partial charge in [-0.15, -0.1) is 0 Å². The number of ether oxygens (including phenoxy) is 1. The lowest BCUT2D eigenvalue weighted by Gasteiger charge is -2.41. The summed E-state index contributed by atoms with van der Waals surface area (Å²) in [6, 6.07) is 8.65. The Hall–Kier alpha value is -1.82. The Morgan fingerprint density at radius 3 is 2.41 bits per heavy atom. The predicted molar refractivity (Wildman–Crippen MR) is 176 cm³/mol. The van der Waals surface area contributed by atoms with Gasteiger partial charge in [-0.3, -0.25) is 20.6 Å². The molecule has 6 atom stereocenters. The minimum atomic E-state index is -3.57. The summed E-state index contributed by atoms with van der Waals surface area (Å²) >= 11 is 0. The first-order chi connectivity index (χ1) is 20.6. The quantitative estimate of drug-likeness (QED) is 0.360. The van der Waals surface area contributed by atoms with Crippen molar-refractivity contribution in [3.05, 3.63) is 52.3 Å². The first kappa shape index (κ1) is 33.5. The molecule has 246 valence electrons. The Kier molecular flexibility index (Phi) is 10.0. The molecule has 3 heterocycles. The van der Waals surface area contributed by atoms with Crippen LogP contribution < -0.4 is 15.4 Å². The van der Waals surface area contributed by atoms with Crippen LogP contribution in [0.2, 0.25) is 0 Å². The van der Waals surface area contributed by atoms with Gasteiger partial charge in [0.2, 0.25) is 10.0 Å².